The Kier molecular flexibility index (Phi) is 6.15. The normalized spacial score (nSPS) is 13.8. The number of rotatable bonds is 7. The predicted octanol–water partition coefficient (Wildman–Crippen LogP) is 4.20. The third-order valence-electron chi connectivity index (χ3n) is 5.29. The Bertz CT molecular complexity index is 1210. The van der Waals surface area contributed by atoms with E-state index in [9.17, 15) is 17.6 Å². The highest BCUT2D eigenvalue weighted by Crippen LogP contribution is 2.33. The van der Waals surface area contributed by atoms with Gasteiger partial charge in [-0.25, -0.2) is 12.8 Å². The Morgan fingerprint density at radius 3 is 2.71 bits per heavy atom. The minimum atomic E-state index is -3.83. The molecule has 0 atom stereocenters. The van der Waals surface area contributed by atoms with Gasteiger partial charge in [0.05, 0.1) is 16.3 Å². The summed E-state index contributed by atoms with van der Waals surface area (Å²) in [5, 5.41) is 4.06. The van der Waals surface area contributed by atoms with Gasteiger partial charge < -0.3 is 0 Å². The maximum atomic E-state index is 13.3. The lowest BCUT2D eigenvalue weighted by Gasteiger charge is -2.31. The van der Waals surface area contributed by atoms with E-state index in [2.05, 4.69) is 9.59 Å². The van der Waals surface area contributed by atoms with E-state index < -0.39 is 15.8 Å². The predicted molar refractivity (Wildman–Crippen MR) is 118 cm³/mol. The fourth-order valence-corrected chi connectivity index (χ4v) is 5.94. The zero-order chi connectivity index (χ0) is 22.0. The molecule has 6 nitrogen and oxygen atoms in total. The minimum absolute atomic E-state index is 0.0446. The van der Waals surface area contributed by atoms with E-state index in [0.717, 1.165) is 53.3 Å². The van der Waals surface area contributed by atoms with Gasteiger partial charge in [-0.3, -0.25) is 9.10 Å². The van der Waals surface area contributed by atoms with Crippen molar-refractivity contribution < 1.29 is 17.6 Å². The Morgan fingerprint density at radius 2 is 1.97 bits per heavy atom. The lowest BCUT2D eigenvalue weighted by atomic mass is 9.98. The van der Waals surface area contributed by atoms with Crippen LogP contribution in [0.15, 0.2) is 47.4 Å². The molecule has 3 aromatic rings. The molecule has 1 aliphatic heterocycles. The number of hydrogen-bond acceptors (Lipinski definition) is 6. The van der Waals surface area contributed by atoms with Gasteiger partial charge in [-0.15, -0.1) is 5.10 Å². The van der Waals surface area contributed by atoms with Crippen LogP contribution < -0.4 is 4.31 Å². The highest BCUT2D eigenvalue weighted by Gasteiger charge is 2.29. The smallest absolute Gasteiger partial charge is 0.264 e. The van der Waals surface area contributed by atoms with Crippen molar-refractivity contribution >= 4 is 33.0 Å². The topological polar surface area (TPSA) is 80.2 Å². The quantitative estimate of drug-likeness (QED) is 0.495. The standard InChI is InChI=1S/C22H22FN3O3S2/c1-2-4-19-22(30-25-24-19)21(27)14-15-6-7-16-5-3-12-26(20(16)13-15)31(28,29)18-10-8-17(23)9-11-18/h6-11,13H,2-5,12,14H2,1H3. The molecular weight excluding hydrogens is 437 g/mol. The average Bonchev–Trinajstić information content (AvgIpc) is 3.22. The number of Topliss-reactive ketones (excluding diaryl/α,β-unsaturated/α-hetero) is 1. The second-order valence-corrected chi connectivity index (χ2v) is 10.1. The molecule has 9 heteroatoms. The highest BCUT2D eigenvalue weighted by molar-refractivity contribution is 7.92. The number of carbonyl (C=O) groups is 1. The number of carbonyl (C=O) groups excluding carboxylic acids is 1. The van der Waals surface area contributed by atoms with Crippen LogP contribution in [0.25, 0.3) is 0 Å². The SMILES string of the molecule is CCCc1nnsc1C(=O)Cc1ccc2c(c1)N(S(=O)(=O)c1ccc(F)cc1)CCC2. The fraction of sp³-hybridized carbons (Fsp3) is 0.318. The first-order valence-corrected chi connectivity index (χ1v) is 12.4. The molecule has 162 valence electrons. The van der Waals surface area contributed by atoms with E-state index in [0.29, 0.717) is 30.0 Å². The third kappa shape index (κ3) is 4.38. The first kappa shape index (κ1) is 21.6. The third-order valence-corrected chi connectivity index (χ3v) is 7.92. The van der Waals surface area contributed by atoms with Gasteiger partial charge in [-0.1, -0.05) is 30.0 Å². The summed E-state index contributed by atoms with van der Waals surface area (Å²) in [5.41, 5.74) is 2.95. The van der Waals surface area contributed by atoms with Crippen molar-refractivity contribution in [2.75, 3.05) is 10.8 Å². The lowest BCUT2D eigenvalue weighted by Crippen LogP contribution is -2.35. The summed E-state index contributed by atoms with van der Waals surface area (Å²) in [5.74, 6) is -0.555. The van der Waals surface area contributed by atoms with Gasteiger partial charge in [0, 0.05) is 13.0 Å². The van der Waals surface area contributed by atoms with Crippen molar-refractivity contribution in [1.82, 2.24) is 9.59 Å². The molecule has 0 saturated heterocycles. The van der Waals surface area contributed by atoms with Crippen molar-refractivity contribution in [2.45, 2.75) is 43.9 Å². The Labute approximate surface area is 184 Å². The molecule has 0 aliphatic carbocycles. The van der Waals surface area contributed by atoms with Gasteiger partial charge in [0.25, 0.3) is 10.0 Å². The zero-order valence-corrected chi connectivity index (χ0v) is 18.7. The van der Waals surface area contributed by atoms with E-state index in [-0.39, 0.29) is 17.1 Å². The molecule has 1 aliphatic rings. The maximum absolute atomic E-state index is 13.3. The van der Waals surface area contributed by atoms with Crippen LogP contribution in [0.4, 0.5) is 10.1 Å². The fourth-order valence-electron chi connectivity index (χ4n) is 3.77. The van der Waals surface area contributed by atoms with Gasteiger partial charge in [-0.05, 0) is 72.3 Å². The number of fused-ring (bicyclic) bond motifs is 1. The van der Waals surface area contributed by atoms with E-state index in [1.807, 2.05) is 19.1 Å². The Balaban J connectivity index is 1.64. The summed E-state index contributed by atoms with van der Waals surface area (Å²) in [6.07, 6.45) is 3.18. The number of aromatic nitrogens is 2. The second-order valence-electron chi connectivity index (χ2n) is 7.50. The Morgan fingerprint density at radius 1 is 1.19 bits per heavy atom. The molecule has 2 heterocycles. The van der Waals surface area contributed by atoms with Gasteiger partial charge in [0.2, 0.25) is 0 Å². The van der Waals surface area contributed by atoms with Crippen LogP contribution >= 0.6 is 11.5 Å². The Hall–Kier alpha value is -2.65. The first-order chi connectivity index (χ1) is 14.9. The number of aryl methyl sites for hydroxylation is 2. The molecule has 2 aromatic carbocycles. The highest BCUT2D eigenvalue weighted by atomic mass is 32.2. The van der Waals surface area contributed by atoms with Crippen molar-refractivity contribution in [3.05, 3.63) is 70.0 Å². The molecule has 0 amide bonds. The maximum Gasteiger partial charge on any atom is 0.264 e. The summed E-state index contributed by atoms with van der Waals surface area (Å²) in [4.78, 5) is 13.4. The largest absolute Gasteiger partial charge is 0.293 e. The molecule has 0 N–H and O–H groups in total. The van der Waals surface area contributed by atoms with E-state index in [4.69, 9.17) is 0 Å². The van der Waals surface area contributed by atoms with Crippen molar-refractivity contribution in [3.63, 3.8) is 0 Å². The molecule has 0 bridgehead atoms. The van der Waals surface area contributed by atoms with Crippen molar-refractivity contribution in [1.29, 1.82) is 0 Å². The number of hydrogen-bond donors (Lipinski definition) is 0. The first-order valence-electron chi connectivity index (χ1n) is 10.1. The van der Waals surface area contributed by atoms with Gasteiger partial charge >= 0.3 is 0 Å². The van der Waals surface area contributed by atoms with E-state index in [1.54, 1.807) is 6.07 Å². The molecule has 1 aromatic heterocycles. The number of benzene rings is 2. The van der Waals surface area contributed by atoms with Crippen molar-refractivity contribution in [3.8, 4) is 0 Å². The summed E-state index contributed by atoms with van der Waals surface area (Å²) in [7, 11) is -3.83. The van der Waals surface area contributed by atoms with Gasteiger partial charge in [0.1, 0.15) is 10.7 Å². The molecule has 4 rings (SSSR count). The molecular formula is C22H22FN3O3S2. The van der Waals surface area contributed by atoms with Crippen molar-refractivity contribution in [2.24, 2.45) is 0 Å². The monoisotopic (exact) mass is 459 g/mol. The summed E-state index contributed by atoms with van der Waals surface area (Å²) >= 11 is 1.10. The summed E-state index contributed by atoms with van der Waals surface area (Å²) in [6.45, 7) is 2.36. The van der Waals surface area contributed by atoms with Crippen LogP contribution in [-0.4, -0.2) is 30.3 Å². The van der Waals surface area contributed by atoms with Crippen LogP contribution in [0.5, 0.6) is 0 Å². The summed E-state index contributed by atoms with van der Waals surface area (Å²) in [6, 6.07) is 10.4. The summed E-state index contributed by atoms with van der Waals surface area (Å²) < 4.78 is 45.0. The van der Waals surface area contributed by atoms with Gasteiger partial charge in [0.15, 0.2) is 5.78 Å². The second kappa shape index (κ2) is 8.84. The number of sulfonamides is 1. The van der Waals surface area contributed by atoms with Crippen LogP contribution in [0.3, 0.4) is 0 Å². The molecule has 31 heavy (non-hydrogen) atoms. The number of halogens is 1. The molecule has 0 fully saturated rings. The average molecular weight is 460 g/mol. The number of nitrogens with zero attached hydrogens (tertiary/aromatic N) is 3. The van der Waals surface area contributed by atoms with Crippen LogP contribution in [0.1, 0.15) is 46.3 Å². The minimum Gasteiger partial charge on any atom is -0.293 e. The zero-order valence-electron chi connectivity index (χ0n) is 17.0. The molecule has 0 radical (unpaired) electrons. The molecule has 0 spiro atoms. The molecule has 0 unspecified atom stereocenters. The number of anilines is 1. The van der Waals surface area contributed by atoms with Crippen LogP contribution in [0, 0.1) is 5.82 Å². The van der Waals surface area contributed by atoms with E-state index >= 15 is 0 Å². The number of ketones is 1. The molecule has 0 saturated carbocycles. The van der Waals surface area contributed by atoms with Gasteiger partial charge in [-0.2, -0.15) is 0 Å². The van der Waals surface area contributed by atoms with Crippen LogP contribution in [-0.2, 0) is 29.3 Å². The van der Waals surface area contributed by atoms with Crippen LogP contribution in [0.2, 0.25) is 0 Å². The lowest BCUT2D eigenvalue weighted by molar-refractivity contribution is 0.0995. The van der Waals surface area contributed by atoms with E-state index in [1.165, 1.54) is 16.4 Å².